The number of carbonyl (C=O) groups excluding carboxylic acids is 1. The molecule has 1 aromatic heterocycles. The Morgan fingerprint density at radius 2 is 2.07 bits per heavy atom. The molecule has 7 nitrogen and oxygen atoms in total. The fourth-order valence-electron chi connectivity index (χ4n) is 0.600. The molecule has 0 saturated carbocycles. The number of carbonyl (C=O) groups is 1. The van der Waals surface area contributed by atoms with E-state index in [1.807, 2.05) is 0 Å². The number of amides is 1. The summed E-state index contributed by atoms with van der Waals surface area (Å²) in [5.41, 5.74) is 5.52. The summed E-state index contributed by atoms with van der Waals surface area (Å²) in [7, 11) is -3.67. The van der Waals surface area contributed by atoms with Gasteiger partial charge in [-0.25, -0.2) is 0 Å². The van der Waals surface area contributed by atoms with Crippen LogP contribution >= 0.6 is 0 Å². The molecule has 0 aliphatic carbocycles. The van der Waals surface area contributed by atoms with Gasteiger partial charge in [0.05, 0.1) is 18.4 Å². The Kier molecular flexibility index (Phi) is 5.42. The average molecular weight is 233 g/mol. The summed E-state index contributed by atoms with van der Waals surface area (Å²) in [4.78, 5) is 17.9. The summed E-state index contributed by atoms with van der Waals surface area (Å²) in [5.74, 6) is -0.388. The smallest absolute Gasteiger partial charge is 0.261 e. The van der Waals surface area contributed by atoms with E-state index in [4.69, 9.17) is 10.3 Å². The number of hydrogen-bond acceptors (Lipinski definition) is 5. The molecule has 15 heavy (non-hydrogen) atoms. The first-order chi connectivity index (χ1) is 6.79. The molecular formula is C7H11N3O4S. The maximum Gasteiger partial charge on any atom is 0.261 e. The van der Waals surface area contributed by atoms with Crippen LogP contribution in [0.2, 0.25) is 0 Å². The van der Waals surface area contributed by atoms with Crippen molar-refractivity contribution in [3.63, 3.8) is 0 Å². The molecule has 0 fully saturated rings. The summed E-state index contributed by atoms with van der Waals surface area (Å²) in [5, 5.41) is 0. The Hall–Kier alpha value is -1.54. The van der Waals surface area contributed by atoms with E-state index in [0.717, 1.165) is 0 Å². The van der Waals surface area contributed by atoms with Gasteiger partial charge in [-0.1, -0.05) is 0 Å². The fourth-order valence-corrected chi connectivity index (χ4v) is 0.600. The van der Waals surface area contributed by atoms with E-state index in [0.29, 0.717) is 11.9 Å². The number of nitrogens with two attached hydrogens (primary N) is 1. The number of rotatable bonds is 2. The lowest BCUT2D eigenvalue weighted by Crippen LogP contribution is -2.14. The maximum absolute atomic E-state index is 10.3. The van der Waals surface area contributed by atoms with Crippen molar-refractivity contribution in [2.75, 3.05) is 6.26 Å². The van der Waals surface area contributed by atoms with Crippen LogP contribution in [0, 0.1) is 0 Å². The Labute approximate surface area is 87.1 Å². The van der Waals surface area contributed by atoms with E-state index in [1.165, 1.54) is 12.4 Å². The van der Waals surface area contributed by atoms with Gasteiger partial charge in [0, 0.05) is 18.6 Å². The number of nitrogens with zero attached hydrogens (tertiary/aromatic N) is 2. The second-order valence-electron chi connectivity index (χ2n) is 2.57. The second-order valence-corrected chi connectivity index (χ2v) is 4.04. The van der Waals surface area contributed by atoms with Crippen molar-refractivity contribution >= 4 is 16.0 Å². The van der Waals surface area contributed by atoms with Crippen LogP contribution in [-0.2, 0) is 21.3 Å². The first-order valence-corrected chi connectivity index (χ1v) is 5.59. The molecule has 8 heteroatoms. The van der Waals surface area contributed by atoms with Gasteiger partial charge in [-0.05, 0) is 0 Å². The van der Waals surface area contributed by atoms with Crippen LogP contribution in [0.4, 0.5) is 0 Å². The molecule has 0 bridgehead atoms. The Balaban J connectivity index is 0.000000336. The monoisotopic (exact) mass is 233 g/mol. The Morgan fingerprint density at radius 1 is 1.53 bits per heavy atom. The van der Waals surface area contributed by atoms with Crippen molar-refractivity contribution in [2.24, 2.45) is 5.73 Å². The van der Waals surface area contributed by atoms with Crippen LogP contribution in [0.1, 0.15) is 5.69 Å². The lowest BCUT2D eigenvalue weighted by Gasteiger charge is -1.91. The first-order valence-electron chi connectivity index (χ1n) is 3.74. The molecule has 0 aromatic carbocycles. The topological polar surface area (TPSA) is 123 Å². The molecule has 1 heterocycles. The molecule has 0 spiro atoms. The first kappa shape index (κ1) is 13.5. The Morgan fingerprint density at radius 3 is 2.40 bits per heavy atom. The summed E-state index contributed by atoms with van der Waals surface area (Å²) in [6, 6.07) is 0. The molecule has 1 aromatic rings. The van der Waals surface area contributed by atoms with Gasteiger partial charge in [-0.2, -0.15) is 8.42 Å². The fraction of sp³-hybridized carbons (Fsp3) is 0.286. The lowest BCUT2D eigenvalue weighted by atomic mass is 10.3. The van der Waals surface area contributed by atoms with Gasteiger partial charge in [-0.15, -0.1) is 0 Å². The van der Waals surface area contributed by atoms with Crippen molar-refractivity contribution in [3.05, 3.63) is 24.3 Å². The largest absolute Gasteiger partial charge is 0.369 e. The van der Waals surface area contributed by atoms with Gasteiger partial charge in [0.2, 0.25) is 5.91 Å². The van der Waals surface area contributed by atoms with E-state index in [2.05, 4.69) is 9.97 Å². The number of aromatic nitrogens is 2. The van der Waals surface area contributed by atoms with Crippen LogP contribution in [0.3, 0.4) is 0 Å². The zero-order valence-corrected chi connectivity index (χ0v) is 8.81. The van der Waals surface area contributed by atoms with Crippen LogP contribution in [0.15, 0.2) is 18.6 Å². The lowest BCUT2D eigenvalue weighted by molar-refractivity contribution is -0.117. The standard InChI is InChI=1S/C6H7N3O.CH4O3S/c7-6(10)3-5-4-8-1-2-9-5;1-5(2,3)4/h1-2,4H,3H2,(H2,7,10);1H3,(H,2,3,4). The second kappa shape index (κ2) is 6.04. The van der Waals surface area contributed by atoms with Crippen molar-refractivity contribution in [3.8, 4) is 0 Å². The molecule has 0 saturated heterocycles. The number of hydrogen-bond donors (Lipinski definition) is 2. The van der Waals surface area contributed by atoms with Crippen molar-refractivity contribution < 1.29 is 17.8 Å². The molecule has 3 N–H and O–H groups in total. The van der Waals surface area contributed by atoms with Gasteiger partial charge in [0.15, 0.2) is 0 Å². The van der Waals surface area contributed by atoms with Gasteiger partial charge in [-0.3, -0.25) is 19.3 Å². The molecule has 0 radical (unpaired) electrons. The molecule has 0 aliphatic heterocycles. The zero-order valence-electron chi connectivity index (χ0n) is 7.99. The minimum Gasteiger partial charge on any atom is -0.369 e. The van der Waals surface area contributed by atoms with Crippen molar-refractivity contribution in [1.82, 2.24) is 9.97 Å². The average Bonchev–Trinajstić information content (AvgIpc) is 2.01. The molecule has 0 atom stereocenters. The van der Waals surface area contributed by atoms with E-state index in [1.54, 1.807) is 6.20 Å². The van der Waals surface area contributed by atoms with E-state index in [-0.39, 0.29) is 12.3 Å². The van der Waals surface area contributed by atoms with Gasteiger partial charge >= 0.3 is 0 Å². The zero-order chi connectivity index (χ0) is 11.9. The highest BCUT2D eigenvalue weighted by atomic mass is 32.2. The van der Waals surface area contributed by atoms with Crippen LogP contribution in [0.25, 0.3) is 0 Å². The predicted molar refractivity (Wildman–Crippen MR) is 52.4 cm³/mol. The van der Waals surface area contributed by atoms with Gasteiger partial charge < -0.3 is 5.73 Å². The number of primary amides is 1. The molecule has 1 amide bonds. The maximum atomic E-state index is 10.3. The summed E-state index contributed by atoms with van der Waals surface area (Å²) in [6.45, 7) is 0. The van der Waals surface area contributed by atoms with E-state index >= 15 is 0 Å². The molecule has 84 valence electrons. The highest BCUT2D eigenvalue weighted by molar-refractivity contribution is 7.85. The quantitative estimate of drug-likeness (QED) is 0.632. The highest BCUT2D eigenvalue weighted by Crippen LogP contribution is 1.89. The van der Waals surface area contributed by atoms with Crippen LogP contribution in [-0.4, -0.2) is 35.1 Å². The minimum atomic E-state index is -3.67. The molecule has 0 unspecified atom stereocenters. The summed E-state index contributed by atoms with van der Waals surface area (Å²) < 4.78 is 25.9. The van der Waals surface area contributed by atoms with E-state index in [9.17, 15) is 13.2 Å². The van der Waals surface area contributed by atoms with Crippen LogP contribution in [0.5, 0.6) is 0 Å². The van der Waals surface area contributed by atoms with Crippen LogP contribution < -0.4 is 5.73 Å². The van der Waals surface area contributed by atoms with Crippen molar-refractivity contribution in [2.45, 2.75) is 6.42 Å². The predicted octanol–water partition coefficient (Wildman–Crippen LogP) is -0.992. The highest BCUT2D eigenvalue weighted by Gasteiger charge is 1.96. The van der Waals surface area contributed by atoms with E-state index < -0.39 is 10.1 Å². The van der Waals surface area contributed by atoms with Gasteiger partial charge in [0.25, 0.3) is 10.1 Å². The normalized spacial score (nSPS) is 10.0. The van der Waals surface area contributed by atoms with Gasteiger partial charge in [0.1, 0.15) is 0 Å². The third kappa shape index (κ3) is 12.5. The summed E-state index contributed by atoms with van der Waals surface area (Å²) in [6.07, 6.45) is 5.47. The summed E-state index contributed by atoms with van der Waals surface area (Å²) >= 11 is 0. The van der Waals surface area contributed by atoms with Crippen molar-refractivity contribution in [1.29, 1.82) is 0 Å². The Bertz CT molecular complexity index is 396. The molecule has 1 rings (SSSR count). The third-order valence-corrected chi connectivity index (χ3v) is 0.972. The third-order valence-electron chi connectivity index (χ3n) is 0.972. The SMILES string of the molecule is CS(=O)(=O)O.NC(=O)Cc1cnccn1. The molecule has 0 aliphatic rings. The molecular weight excluding hydrogens is 222 g/mol. The minimum absolute atomic E-state index is 0.161.